The third-order valence-electron chi connectivity index (χ3n) is 3.48. The summed E-state index contributed by atoms with van der Waals surface area (Å²) < 4.78 is 0. The minimum Gasteiger partial charge on any atom is -0.506 e. The molecule has 0 fully saturated rings. The molecule has 0 aliphatic carbocycles. The Morgan fingerprint density at radius 3 is 2.55 bits per heavy atom. The van der Waals surface area contributed by atoms with Crippen molar-refractivity contribution < 1.29 is 10.2 Å². The SMILES string of the molecule is Cc1ccccc1CNCc1c(CO)cnc(C)c1O. The third kappa shape index (κ3) is 3.15. The van der Waals surface area contributed by atoms with Crippen LogP contribution in [-0.4, -0.2) is 15.2 Å². The van der Waals surface area contributed by atoms with E-state index in [9.17, 15) is 10.2 Å². The lowest BCUT2D eigenvalue weighted by atomic mass is 10.1. The first-order chi connectivity index (χ1) is 9.63. The van der Waals surface area contributed by atoms with Gasteiger partial charge in [0.1, 0.15) is 5.75 Å². The van der Waals surface area contributed by atoms with Gasteiger partial charge in [-0.3, -0.25) is 4.98 Å². The summed E-state index contributed by atoms with van der Waals surface area (Å²) in [7, 11) is 0. The number of nitrogens with zero attached hydrogens (tertiary/aromatic N) is 1. The van der Waals surface area contributed by atoms with Gasteiger partial charge in [0.05, 0.1) is 12.3 Å². The molecule has 2 rings (SSSR count). The summed E-state index contributed by atoms with van der Waals surface area (Å²) in [5.74, 6) is 0.161. The zero-order valence-electron chi connectivity index (χ0n) is 11.8. The topological polar surface area (TPSA) is 65.4 Å². The van der Waals surface area contributed by atoms with E-state index in [2.05, 4.69) is 29.4 Å². The number of aliphatic hydroxyl groups is 1. The maximum Gasteiger partial charge on any atom is 0.141 e. The van der Waals surface area contributed by atoms with E-state index in [4.69, 9.17) is 0 Å². The Hall–Kier alpha value is -1.91. The van der Waals surface area contributed by atoms with Gasteiger partial charge in [-0.1, -0.05) is 24.3 Å². The Labute approximate surface area is 119 Å². The fourth-order valence-corrected chi connectivity index (χ4v) is 2.15. The van der Waals surface area contributed by atoms with E-state index in [0.29, 0.717) is 23.4 Å². The summed E-state index contributed by atoms with van der Waals surface area (Å²) in [5, 5.41) is 22.7. The van der Waals surface area contributed by atoms with Crippen LogP contribution in [0.5, 0.6) is 5.75 Å². The van der Waals surface area contributed by atoms with Gasteiger partial charge in [0.25, 0.3) is 0 Å². The van der Waals surface area contributed by atoms with Crippen molar-refractivity contribution in [1.29, 1.82) is 0 Å². The van der Waals surface area contributed by atoms with Crippen LogP contribution in [0.1, 0.15) is 27.9 Å². The van der Waals surface area contributed by atoms with E-state index in [1.807, 2.05) is 12.1 Å². The number of aromatic nitrogens is 1. The van der Waals surface area contributed by atoms with Gasteiger partial charge >= 0.3 is 0 Å². The van der Waals surface area contributed by atoms with Crippen molar-refractivity contribution in [2.45, 2.75) is 33.5 Å². The molecule has 0 saturated heterocycles. The summed E-state index contributed by atoms with van der Waals surface area (Å²) in [6, 6.07) is 8.18. The van der Waals surface area contributed by atoms with Crippen LogP contribution in [0, 0.1) is 13.8 Å². The number of benzene rings is 1. The number of aryl methyl sites for hydroxylation is 2. The van der Waals surface area contributed by atoms with Gasteiger partial charge in [0, 0.05) is 30.4 Å². The van der Waals surface area contributed by atoms with Crippen LogP contribution in [0.4, 0.5) is 0 Å². The summed E-state index contributed by atoms with van der Waals surface area (Å²) in [6.45, 7) is 4.92. The monoisotopic (exact) mass is 272 g/mol. The van der Waals surface area contributed by atoms with Crippen LogP contribution >= 0.6 is 0 Å². The molecule has 1 aromatic heterocycles. The standard InChI is InChI=1S/C16H20N2O2/c1-11-5-3-4-6-13(11)7-17-9-15-14(10-19)8-18-12(2)16(15)20/h3-6,8,17,19-20H,7,9-10H2,1-2H3. The fourth-order valence-electron chi connectivity index (χ4n) is 2.15. The van der Waals surface area contributed by atoms with Crippen LogP contribution < -0.4 is 5.32 Å². The van der Waals surface area contributed by atoms with Crippen LogP contribution in [0.25, 0.3) is 0 Å². The van der Waals surface area contributed by atoms with Crippen molar-refractivity contribution in [3.05, 3.63) is 58.4 Å². The molecule has 0 bridgehead atoms. The molecular formula is C16H20N2O2. The quantitative estimate of drug-likeness (QED) is 0.780. The largest absolute Gasteiger partial charge is 0.506 e. The molecule has 0 spiro atoms. The number of nitrogens with one attached hydrogen (secondary N) is 1. The molecule has 3 N–H and O–H groups in total. The van der Waals surface area contributed by atoms with Gasteiger partial charge < -0.3 is 15.5 Å². The second-order valence-electron chi connectivity index (χ2n) is 4.88. The first-order valence-corrected chi connectivity index (χ1v) is 6.66. The van der Waals surface area contributed by atoms with E-state index in [0.717, 1.165) is 6.54 Å². The zero-order chi connectivity index (χ0) is 14.5. The van der Waals surface area contributed by atoms with Crippen molar-refractivity contribution in [2.75, 3.05) is 0 Å². The molecule has 0 aliphatic heterocycles. The first kappa shape index (κ1) is 14.5. The third-order valence-corrected chi connectivity index (χ3v) is 3.48. The lowest BCUT2D eigenvalue weighted by molar-refractivity contribution is 0.278. The Bertz CT molecular complexity index is 597. The van der Waals surface area contributed by atoms with E-state index in [1.165, 1.54) is 11.1 Å². The molecule has 106 valence electrons. The smallest absolute Gasteiger partial charge is 0.141 e. The van der Waals surface area contributed by atoms with E-state index in [-0.39, 0.29) is 12.4 Å². The number of rotatable bonds is 5. The maximum absolute atomic E-state index is 10.0. The highest BCUT2D eigenvalue weighted by Crippen LogP contribution is 2.23. The Morgan fingerprint density at radius 2 is 1.85 bits per heavy atom. The zero-order valence-corrected chi connectivity index (χ0v) is 11.8. The Kier molecular flexibility index (Phi) is 4.71. The first-order valence-electron chi connectivity index (χ1n) is 6.66. The van der Waals surface area contributed by atoms with Crippen molar-refractivity contribution >= 4 is 0 Å². The lowest BCUT2D eigenvalue weighted by Crippen LogP contribution is -2.15. The number of aliphatic hydroxyl groups excluding tert-OH is 1. The second-order valence-corrected chi connectivity index (χ2v) is 4.88. The predicted molar refractivity (Wildman–Crippen MR) is 78.3 cm³/mol. The van der Waals surface area contributed by atoms with Crippen LogP contribution in [0.3, 0.4) is 0 Å². The van der Waals surface area contributed by atoms with Gasteiger partial charge in [-0.2, -0.15) is 0 Å². The average Bonchev–Trinajstić information content (AvgIpc) is 2.45. The number of pyridine rings is 1. The molecule has 0 amide bonds. The van der Waals surface area contributed by atoms with Crippen molar-refractivity contribution in [3.63, 3.8) is 0 Å². The fraction of sp³-hybridized carbons (Fsp3) is 0.312. The number of aromatic hydroxyl groups is 1. The van der Waals surface area contributed by atoms with Gasteiger partial charge in [-0.05, 0) is 25.0 Å². The van der Waals surface area contributed by atoms with Crippen molar-refractivity contribution in [3.8, 4) is 5.75 Å². The van der Waals surface area contributed by atoms with Crippen molar-refractivity contribution in [2.24, 2.45) is 0 Å². The molecule has 0 aliphatic rings. The molecule has 20 heavy (non-hydrogen) atoms. The van der Waals surface area contributed by atoms with E-state index < -0.39 is 0 Å². The van der Waals surface area contributed by atoms with Crippen LogP contribution in [0.15, 0.2) is 30.5 Å². The highest BCUT2D eigenvalue weighted by molar-refractivity contribution is 5.40. The highest BCUT2D eigenvalue weighted by Gasteiger charge is 2.10. The molecule has 0 atom stereocenters. The number of hydrogen-bond donors (Lipinski definition) is 3. The molecule has 0 unspecified atom stereocenters. The summed E-state index contributed by atoms with van der Waals surface area (Å²) in [4.78, 5) is 4.05. The Morgan fingerprint density at radius 1 is 1.10 bits per heavy atom. The Balaban J connectivity index is 2.08. The number of hydrogen-bond acceptors (Lipinski definition) is 4. The average molecular weight is 272 g/mol. The maximum atomic E-state index is 10.0. The molecule has 1 heterocycles. The highest BCUT2D eigenvalue weighted by atomic mass is 16.3. The summed E-state index contributed by atoms with van der Waals surface area (Å²) in [5.41, 5.74) is 4.41. The minimum atomic E-state index is -0.123. The van der Waals surface area contributed by atoms with E-state index >= 15 is 0 Å². The lowest BCUT2D eigenvalue weighted by Gasteiger charge is -2.13. The van der Waals surface area contributed by atoms with Gasteiger partial charge in [0.15, 0.2) is 0 Å². The summed E-state index contributed by atoms with van der Waals surface area (Å²) >= 11 is 0. The van der Waals surface area contributed by atoms with Crippen LogP contribution in [0.2, 0.25) is 0 Å². The molecule has 4 nitrogen and oxygen atoms in total. The second kappa shape index (κ2) is 6.50. The van der Waals surface area contributed by atoms with Crippen LogP contribution in [-0.2, 0) is 19.7 Å². The molecular weight excluding hydrogens is 252 g/mol. The van der Waals surface area contributed by atoms with E-state index in [1.54, 1.807) is 13.1 Å². The molecule has 0 saturated carbocycles. The van der Waals surface area contributed by atoms with Crippen molar-refractivity contribution in [1.82, 2.24) is 10.3 Å². The summed E-state index contributed by atoms with van der Waals surface area (Å²) in [6.07, 6.45) is 1.61. The molecule has 0 radical (unpaired) electrons. The normalized spacial score (nSPS) is 10.8. The molecule has 1 aromatic carbocycles. The van der Waals surface area contributed by atoms with Gasteiger partial charge in [0.2, 0.25) is 0 Å². The molecule has 2 aromatic rings. The van der Waals surface area contributed by atoms with Gasteiger partial charge in [-0.25, -0.2) is 0 Å². The predicted octanol–water partition coefficient (Wildman–Crippen LogP) is 2.19. The minimum absolute atomic E-state index is 0.123. The molecule has 4 heteroatoms. The van der Waals surface area contributed by atoms with Gasteiger partial charge in [-0.15, -0.1) is 0 Å².